The van der Waals surface area contributed by atoms with E-state index in [4.69, 9.17) is 4.74 Å². The van der Waals surface area contributed by atoms with Gasteiger partial charge in [0, 0.05) is 18.4 Å². The van der Waals surface area contributed by atoms with E-state index in [0.717, 1.165) is 13.0 Å². The van der Waals surface area contributed by atoms with Crippen LogP contribution in [0.15, 0.2) is 0 Å². The van der Waals surface area contributed by atoms with Gasteiger partial charge in [-0.05, 0) is 19.3 Å². The van der Waals surface area contributed by atoms with Gasteiger partial charge in [-0.3, -0.25) is 4.79 Å². The van der Waals surface area contributed by atoms with Gasteiger partial charge in [0.15, 0.2) is 0 Å². The molecule has 0 bridgehead atoms. The Hall–Kier alpha value is -0.370. The summed E-state index contributed by atoms with van der Waals surface area (Å²) in [6.45, 7) is 8.98. The Labute approximate surface area is 80.7 Å². The Morgan fingerprint density at radius 2 is 2.00 bits per heavy atom. The van der Waals surface area contributed by atoms with Crippen LogP contribution in [0.4, 0.5) is 0 Å². The molecule has 0 aromatic carbocycles. The SMILES string of the molecule is CC(C)C(C)C(=O)C1CCOC1C. The zero-order valence-corrected chi connectivity index (χ0v) is 9.04. The maximum atomic E-state index is 11.9. The predicted molar refractivity (Wildman–Crippen MR) is 52.5 cm³/mol. The van der Waals surface area contributed by atoms with Crippen LogP contribution in [0.2, 0.25) is 0 Å². The van der Waals surface area contributed by atoms with Crippen LogP contribution >= 0.6 is 0 Å². The van der Waals surface area contributed by atoms with Gasteiger partial charge in [0.25, 0.3) is 0 Å². The van der Waals surface area contributed by atoms with Crippen LogP contribution in [0.25, 0.3) is 0 Å². The summed E-state index contributed by atoms with van der Waals surface area (Å²) in [5.74, 6) is 1.16. The molecule has 1 fully saturated rings. The van der Waals surface area contributed by atoms with Gasteiger partial charge in [0.1, 0.15) is 5.78 Å². The third-order valence-electron chi connectivity index (χ3n) is 3.19. The van der Waals surface area contributed by atoms with E-state index in [0.29, 0.717) is 11.7 Å². The molecule has 13 heavy (non-hydrogen) atoms. The van der Waals surface area contributed by atoms with Gasteiger partial charge >= 0.3 is 0 Å². The zero-order valence-electron chi connectivity index (χ0n) is 9.04. The molecule has 0 spiro atoms. The Balaban J connectivity index is 2.56. The van der Waals surface area contributed by atoms with E-state index in [1.54, 1.807) is 0 Å². The maximum Gasteiger partial charge on any atom is 0.141 e. The molecule has 1 aliphatic rings. The van der Waals surface area contributed by atoms with Crippen molar-refractivity contribution in [2.75, 3.05) is 6.61 Å². The van der Waals surface area contributed by atoms with Crippen LogP contribution in [-0.2, 0) is 9.53 Å². The fraction of sp³-hybridized carbons (Fsp3) is 0.909. The van der Waals surface area contributed by atoms with Crippen LogP contribution in [-0.4, -0.2) is 18.5 Å². The molecule has 2 nitrogen and oxygen atoms in total. The fourth-order valence-electron chi connectivity index (χ4n) is 1.77. The lowest BCUT2D eigenvalue weighted by molar-refractivity contribution is -0.128. The maximum absolute atomic E-state index is 11.9. The monoisotopic (exact) mass is 184 g/mol. The lowest BCUT2D eigenvalue weighted by Gasteiger charge is -2.20. The van der Waals surface area contributed by atoms with E-state index in [2.05, 4.69) is 13.8 Å². The average Bonchev–Trinajstić information content (AvgIpc) is 2.48. The first kappa shape index (κ1) is 10.7. The molecule has 3 atom stereocenters. The largest absolute Gasteiger partial charge is 0.378 e. The number of Topliss-reactive ketones (excluding diaryl/α,β-unsaturated/α-hetero) is 1. The molecule has 0 saturated carbocycles. The highest BCUT2D eigenvalue weighted by Crippen LogP contribution is 2.26. The van der Waals surface area contributed by atoms with Gasteiger partial charge in [0.2, 0.25) is 0 Å². The van der Waals surface area contributed by atoms with E-state index in [1.165, 1.54) is 0 Å². The first-order valence-corrected chi connectivity index (χ1v) is 5.19. The summed E-state index contributed by atoms with van der Waals surface area (Å²) in [5.41, 5.74) is 0. The number of ketones is 1. The molecule has 2 heteroatoms. The summed E-state index contributed by atoms with van der Waals surface area (Å²) in [5, 5.41) is 0. The lowest BCUT2D eigenvalue weighted by atomic mass is 9.84. The fourth-order valence-corrected chi connectivity index (χ4v) is 1.77. The van der Waals surface area contributed by atoms with Crippen LogP contribution in [0.1, 0.15) is 34.1 Å². The van der Waals surface area contributed by atoms with Crippen molar-refractivity contribution in [1.29, 1.82) is 0 Å². The minimum Gasteiger partial charge on any atom is -0.378 e. The summed E-state index contributed by atoms with van der Waals surface area (Å²) in [6.07, 6.45) is 1.05. The number of rotatable bonds is 3. The molecule has 1 heterocycles. The second-order valence-electron chi connectivity index (χ2n) is 4.41. The first-order chi connectivity index (χ1) is 6.04. The third kappa shape index (κ3) is 2.31. The number of carbonyl (C=O) groups excluding carboxylic acids is 1. The molecule has 0 amide bonds. The van der Waals surface area contributed by atoms with Crippen molar-refractivity contribution in [2.45, 2.75) is 40.2 Å². The summed E-state index contributed by atoms with van der Waals surface area (Å²) >= 11 is 0. The van der Waals surface area contributed by atoms with Crippen LogP contribution in [0.3, 0.4) is 0 Å². The molecule has 0 aromatic heterocycles. The van der Waals surface area contributed by atoms with E-state index in [1.807, 2.05) is 13.8 Å². The second-order valence-corrected chi connectivity index (χ2v) is 4.41. The predicted octanol–water partition coefficient (Wildman–Crippen LogP) is 2.27. The van der Waals surface area contributed by atoms with E-state index >= 15 is 0 Å². The number of carbonyl (C=O) groups is 1. The molecule has 0 aromatic rings. The standard InChI is InChI=1S/C11H20O2/c1-7(2)8(3)11(12)10-5-6-13-9(10)4/h7-10H,5-6H2,1-4H3. The molecule has 76 valence electrons. The van der Waals surface area contributed by atoms with Gasteiger partial charge < -0.3 is 4.74 Å². The van der Waals surface area contributed by atoms with Crippen molar-refractivity contribution in [3.05, 3.63) is 0 Å². The van der Waals surface area contributed by atoms with Gasteiger partial charge in [-0.15, -0.1) is 0 Å². The highest BCUT2D eigenvalue weighted by atomic mass is 16.5. The smallest absolute Gasteiger partial charge is 0.141 e. The van der Waals surface area contributed by atoms with Crippen molar-refractivity contribution in [2.24, 2.45) is 17.8 Å². The molecular formula is C11H20O2. The molecule has 1 rings (SSSR count). The summed E-state index contributed by atoms with van der Waals surface area (Å²) < 4.78 is 5.40. The van der Waals surface area contributed by atoms with Crippen molar-refractivity contribution < 1.29 is 9.53 Å². The highest BCUT2D eigenvalue weighted by Gasteiger charge is 2.33. The van der Waals surface area contributed by atoms with E-state index in [9.17, 15) is 4.79 Å². The Morgan fingerprint density at radius 1 is 1.38 bits per heavy atom. The molecule has 1 saturated heterocycles. The lowest BCUT2D eigenvalue weighted by Crippen LogP contribution is -2.29. The summed E-state index contributed by atoms with van der Waals surface area (Å²) in [7, 11) is 0. The van der Waals surface area contributed by atoms with Crippen LogP contribution in [0.5, 0.6) is 0 Å². The van der Waals surface area contributed by atoms with E-state index in [-0.39, 0.29) is 17.9 Å². The van der Waals surface area contributed by atoms with E-state index < -0.39 is 0 Å². The molecule has 0 radical (unpaired) electrons. The van der Waals surface area contributed by atoms with Crippen molar-refractivity contribution >= 4 is 5.78 Å². The van der Waals surface area contributed by atoms with Crippen LogP contribution in [0, 0.1) is 17.8 Å². The average molecular weight is 184 g/mol. The van der Waals surface area contributed by atoms with Gasteiger partial charge in [0.05, 0.1) is 6.10 Å². The second kappa shape index (κ2) is 4.23. The molecule has 0 N–H and O–H groups in total. The van der Waals surface area contributed by atoms with Gasteiger partial charge in [-0.1, -0.05) is 20.8 Å². The molecule has 0 aliphatic carbocycles. The summed E-state index contributed by atoms with van der Waals surface area (Å²) in [4.78, 5) is 11.9. The normalized spacial score (nSPS) is 30.8. The molecule has 3 unspecified atom stereocenters. The minimum absolute atomic E-state index is 0.133. The number of hydrogen-bond acceptors (Lipinski definition) is 2. The van der Waals surface area contributed by atoms with Gasteiger partial charge in [-0.25, -0.2) is 0 Å². The number of hydrogen-bond donors (Lipinski definition) is 0. The Bertz CT molecular complexity index is 187. The Kier molecular flexibility index (Phi) is 3.48. The topological polar surface area (TPSA) is 26.3 Å². The van der Waals surface area contributed by atoms with Crippen molar-refractivity contribution in [3.63, 3.8) is 0 Å². The summed E-state index contributed by atoms with van der Waals surface area (Å²) in [6, 6.07) is 0. The Morgan fingerprint density at radius 3 is 2.38 bits per heavy atom. The zero-order chi connectivity index (χ0) is 10.0. The van der Waals surface area contributed by atoms with Crippen molar-refractivity contribution in [1.82, 2.24) is 0 Å². The molecular weight excluding hydrogens is 164 g/mol. The molecule has 1 aliphatic heterocycles. The van der Waals surface area contributed by atoms with Crippen LogP contribution < -0.4 is 0 Å². The van der Waals surface area contributed by atoms with Crippen molar-refractivity contribution in [3.8, 4) is 0 Å². The highest BCUT2D eigenvalue weighted by molar-refractivity contribution is 5.84. The number of ether oxygens (including phenoxy) is 1. The van der Waals surface area contributed by atoms with Gasteiger partial charge in [-0.2, -0.15) is 0 Å². The quantitative estimate of drug-likeness (QED) is 0.672. The first-order valence-electron chi connectivity index (χ1n) is 5.19. The third-order valence-corrected chi connectivity index (χ3v) is 3.19. The minimum atomic E-state index is 0.133.